The number of carbonyl (C=O) groups is 3. The number of nitrogens with two attached hydrogens (primary N) is 1. The summed E-state index contributed by atoms with van der Waals surface area (Å²) in [6.45, 7) is 3.65. The summed E-state index contributed by atoms with van der Waals surface area (Å²) in [6.07, 6.45) is 5.86. The molecule has 0 fully saturated rings. The van der Waals surface area contributed by atoms with Crippen LogP contribution in [0.15, 0.2) is 30.3 Å². The minimum Gasteiger partial charge on any atom is -0.445 e. The number of carbonyl (C=O) groups excluding carboxylic acids is 3. The lowest BCUT2D eigenvalue weighted by atomic mass is 10.0. The second-order valence-corrected chi connectivity index (χ2v) is 6.49. The van der Waals surface area contributed by atoms with Crippen LogP contribution in [0.4, 0.5) is 4.79 Å². The van der Waals surface area contributed by atoms with Crippen LogP contribution in [0.1, 0.15) is 38.7 Å². The van der Waals surface area contributed by atoms with Crippen molar-refractivity contribution >= 4 is 17.9 Å². The zero-order valence-corrected chi connectivity index (χ0v) is 15.7. The third-order valence-corrected chi connectivity index (χ3v) is 3.91. The molecule has 0 spiro atoms. The molecule has 1 aromatic carbocycles. The summed E-state index contributed by atoms with van der Waals surface area (Å²) < 4.78 is 5.15. The summed E-state index contributed by atoms with van der Waals surface area (Å²) in [7, 11) is 0. The predicted octanol–water partition coefficient (Wildman–Crippen LogP) is 1.71. The minimum atomic E-state index is -0.859. The van der Waals surface area contributed by atoms with Crippen molar-refractivity contribution in [3.63, 3.8) is 0 Å². The monoisotopic (exact) mass is 373 g/mol. The first kappa shape index (κ1) is 22.0. The van der Waals surface area contributed by atoms with Crippen molar-refractivity contribution in [3.8, 4) is 12.3 Å². The van der Waals surface area contributed by atoms with Gasteiger partial charge in [-0.05, 0) is 24.3 Å². The molecule has 4 N–H and O–H groups in total. The summed E-state index contributed by atoms with van der Waals surface area (Å²) in [5.74, 6) is 1.12. The second-order valence-electron chi connectivity index (χ2n) is 6.49. The van der Waals surface area contributed by atoms with Gasteiger partial charge in [0.15, 0.2) is 0 Å². The fourth-order valence-corrected chi connectivity index (χ4v) is 2.38. The Labute approximate surface area is 160 Å². The zero-order valence-electron chi connectivity index (χ0n) is 15.7. The lowest BCUT2D eigenvalue weighted by Crippen LogP contribution is -2.54. The molecule has 0 radical (unpaired) electrons. The summed E-state index contributed by atoms with van der Waals surface area (Å²) in [5.41, 5.74) is 6.17. The highest BCUT2D eigenvalue weighted by Gasteiger charge is 2.28. The zero-order chi connectivity index (χ0) is 20.2. The first-order chi connectivity index (χ1) is 12.8. The lowest BCUT2D eigenvalue weighted by Gasteiger charge is -2.24. The highest BCUT2D eigenvalue weighted by Crippen LogP contribution is 2.07. The second kappa shape index (κ2) is 11.6. The number of terminal acetylenes is 1. The van der Waals surface area contributed by atoms with E-state index in [2.05, 4.69) is 16.6 Å². The summed E-state index contributed by atoms with van der Waals surface area (Å²) >= 11 is 0. The number of benzene rings is 1. The molecule has 0 aromatic heterocycles. The standard InChI is InChI=1S/C20H27N3O4/c1-4-5-7-12-16(18(21)24)22-19(25)17(14(2)3)23-20(26)27-13-15-10-8-6-9-11-15/h1,6,8-11,14,16-17H,5,7,12-13H2,2-3H3,(H2,21,24)(H,22,25)(H,23,26)/t16-,17-/m0/s1. The molecular formula is C20H27N3O4. The molecule has 3 amide bonds. The molecule has 2 atom stereocenters. The third-order valence-electron chi connectivity index (χ3n) is 3.91. The van der Waals surface area contributed by atoms with E-state index >= 15 is 0 Å². The van der Waals surface area contributed by atoms with E-state index in [-0.39, 0.29) is 12.5 Å². The van der Waals surface area contributed by atoms with Crippen LogP contribution in [0.5, 0.6) is 0 Å². The molecule has 0 saturated heterocycles. The van der Waals surface area contributed by atoms with Gasteiger partial charge in [0, 0.05) is 6.42 Å². The maximum atomic E-state index is 12.5. The Kier molecular flexibility index (Phi) is 9.45. The van der Waals surface area contributed by atoms with Crippen molar-refractivity contribution in [2.24, 2.45) is 11.7 Å². The SMILES string of the molecule is C#CCCC[C@H](NC(=O)[C@@H](NC(=O)OCc1ccccc1)C(C)C)C(N)=O. The number of nitrogens with one attached hydrogen (secondary N) is 2. The van der Waals surface area contributed by atoms with Crippen molar-refractivity contribution in [2.45, 2.75) is 51.8 Å². The van der Waals surface area contributed by atoms with Gasteiger partial charge in [0.2, 0.25) is 11.8 Å². The van der Waals surface area contributed by atoms with Crippen LogP contribution in [-0.4, -0.2) is 30.0 Å². The molecule has 0 heterocycles. The number of alkyl carbamates (subject to hydrolysis) is 1. The van der Waals surface area contributed by atoms with E-state index in [1.807, 2.05) is 30.3 Å². The van der Waals surface area contributed by atoms with Gasteiger partial charge in [-0.25, -0.2) is 4.79 Å². The molecule has 0 aliphatic rings. The average molecular weight is 373 g/mol. The number of primary amides is 1. The molecule has 1 rings (SSSR count). The Morgan fingerprint density at radius 1 is 1.19 bits per heavy atom. The Balaban J connectivity index is 2.61. The molecule has 1 aromatic rings. The van der Waals surface area contributed by atoms with Crippen LogP contribution in [0.25, 0.3) is 0 Å². The Morgan fingerprint density at radius 3 is 2.41 bits per heavy atom. The van der Waals surface area contributed by atoms with E-state index in [9.17, 15) is 14.4 Å². The summed E-state index contributed by atoms with van der Waals surface area (Å²) in [4.78, 5) is 36.1. The van der Waals surface area contributed by atoms with Gasteiger partial charge in [0.05, 0.1) is 0 Å². The van der Waals surface area contributed by atoms with Gasteiger partial charge in [0.25, 0.3) is 0 Å². The molecule has 0 aliphatic carbocycles. The van der Waals surface area contributed by atoms with Crippen LogP contribution in [0.2, 0.25) is 0 Å². The Morgan fingerprint density at radius 2 is 1.85 bits per heavy atom. The fourth-order valence-electron chi connectivity index (χ4n) is 2.38. The largest absolute Gasteiger partial charge is 0.445 e. The van der Waals surface area contributed by atoms with Crippen LogP contribution in [0.3, 0.4) is 0 Å². The maximum absolute atomic E-state index is 12.5. The highest BCUT2D eigenvalue weighted by atomic mass is 16.5. The molecule has 7 heteroatoms. The molecule has 0 bridgehead atoms. The van der Waals surface area contributed by atoms with Gasteiger partial charge in [0.1, 0.15) is 18.7 Å². The molecule has 146 valence electrons. The minimum absolute atomic E-state index is 0.0924. The van der Waals surface area contributed by atoms with E-state index < -0.39 is 30.0 Å². The van der Waals surface area contributed by atoms with Gasteiger partial charge in [-0.3, -0.25) is 9.59 Å². The number of ether oxygens (including phenoxy) is 1. The van der Waals surface area contributed by atoms with Crippen molar-refractivity contribution in [3.05, 3.63) is 35.9 Å². The fraction of sp³-hybridized carbons (Fsp3) is 0.450. The van der Waals surface area contributed by atoms with E-state index in [1.165, 1.54) is 0 Å². The van der Waals surface area contributed by atoms with E-state index in [1.54, 1.807) is 13.8 Å². The summed E-state index contributed by atoms with van der Waals surface area (Å²) in [6, 6.07) is 7.50. The maximum Gasteiger partial charge on any atom is 0.408 e. The van der Waals surface area contributed by atoms with E-state index in [0.29, 0.717) is 19.3 Å². The van der Waals surface area contributed by atoms with Crippen molar-refractivity contribution < 1.29 is 19.1 Å². The molecule has 0 unspecified atom stereocenters. The van der Waals surface area contributed by atoms with E-state index in [0.717, 1.165) is 5.56 Å². The van der Waals surface area contributed by atoms with Gasteiger partial charge in [-0.15, -0.1) is 12.3 Å². The summed E-state index contributed by atoms with van der Waals surface area (Å²) in [5, 5.41) is 5.12. The topological polar surface area (TPSA) is 111 Å². The van der Waals surface area contributed by atoms with Gasteiger partial charge >= 0.3 is 6.09 Å². The number of unbranched alkanes of at least 4 members (excludes halogenated alkanes) is 1. The van der Waals surface area contributed by atoms with Crippen molar-refractivity contribution in [1.29, 1.82) is 0 Å². The molecule has 27 heavy (non-hydrogen) atoms. The lowest BCUT2D eigenvalue weighted by molar-refractivity contribution is -0.129. The van der Waals surface area contributed by atoms with Gasteiger partial charge in [-0.1, -0.05) is 44.2 Å². The highest BCUT2D eigenvalue weighted by molar-refractivity contribution is 5.90. The molecule has 0 saturated carbocycles. The molecule has 0 aliphatic heterocycles. The molecule has 7 nitrogen and oxygen atoms in total. The van der Waals surface area contributed by atoms with Crippen LogP contribution in [0, 0.1) is 18.3 Å². The first-order valence-electron chi connectivity index (χ1n) is 8.85. The molecular weight excluding hydrogens is 346 g/mol. The van der Waals surface area contributed by atoms with Gasteiger partial charge < -0.3 is 21.1 Å². The number of rotatable bonds is 10. The van der Waals surface area contributed by atoms with Crippen molar-refractivity contribution in [1.82, 2.24) is 10.6 Å². The predicted molar refractivity (Wildman–Crippen MR) is 102 cm³/mol. The smallest absolute Gasteiger partial charge is 0.408 e. The average Bonchev–Trinajstić information content (AvgIpc) is 2.64. The van der Waals surface area contributed by atoms with E-state index in [4.69, 9.17) is 16.9 Å². The quantitative estimate of drug-likeness (QED) is 0.428. The Bertz CT molecular complexity index is 668. The van der Waals surface area contributed by atoms with Crippen LogP contribution >= 0.6 is 0 Å². The number of hydrogen-bond acceptors (Lipinski definition) is 4. The Hall–Kier alpha value is -3.01. The van der Waals surface area contributed by atoms with Crippen LogP contribution in [-0.2, 0) is 20.9 Å². The van der Waals surface area contributed by atoms with Crippen LogP contribution < -0.4 is 16.4 Å². The third kappa shape index (κ3) is 8.27. The van der Waals surface area contributed by atoms with Gasteiger partial charge in [-0.2, -0.15) is 0 Å². The normalized spacial score (nSPS) is 12.5. The first-order valence-corrected chi connectivity index (χ1v) is 8.85. The van der Waals surface area contributed by atoms with Crippen molar-refractivity contribution in [2.75, 3.05) is 0 Å². The number of amides is 3. The number of hydrogen-bond donors (Lipinski definition) is 3.